The van der Waals surface area contributed by atoms with Gasteiger partial charge in [0, 0.05) is 9.77 Å². The van der Waals surface area contributed by atoms with Gasteiger partial charge < -0.3 is 4.74 Å². The summed E-state index contributed by atoms with van der Waals surface area (Å²) in [6.07, 6.45) is 1.77. The van der Waals surface area contributed by atoms with Gasteiger partial charge in [0.15, 0.2) is 0 Å². The van der Waals surface area contributed by atoms with Crippen LogP contribution in [0.2, 0.25) is 0 Å². The summed E-state index contributed by atoms with van der Waals surface area (Å²) in [5.41, 5.74) is 0.862. The van der Waals surface area contributed by atoms with E-state index in [1.807, 2.05) is 12.1 Å². The van der Waals surface area contributed by atoms with E-state index in [1.54, 1.807) is 6.20 Å². The Morgan fingerprint density at radius 3 is 2.93 bits per heavy atom. The van der Waals surface area contributed by atoms with E-state index >= 15 is 0 Å². The van der Waals surface area contributed by atoms with Gasteiger partial charge in [-0.2, -0.15) is 0 Å². The summed E-state index contributed by atoms with van der Waals surface area (Å²) in [4.78, 5) is 8.84. The highest BCUT2D eigenvalue weighted by atomic mass is 127. The maximum absolute atomic E-state index is 5.58. The second-order valence-corrected chi connectivity index (χ2v) is 5.05. The first-order chi connectivity index (χ1) is 7.18. The van der Waals surface area contributed by atoms with Crippen LogP contribution in [0.4, 0.5) is 0 Å². The van der Waals surface area contributed by atoms with Crippen molar-refractivity contribution < 1.29 is 4.74 Å². The minimum absolute atomic E-state index is 0.276. The maximum Gasteiger partial charge on any atom is 0.236 e. The molecular weight excluding hydrogens is 303 g/mol. The number of ether oxygens (including phenoxy) is 1. The van der Waals surface area contributed by atoms with Crippen LogP contribution in [-0.4, -0.2) is 23.5 Å². The highest BCUT2D eigenvalue weighted by Gasteiger charge is 2.24. The second kappa shape index (κ2) is 4.47. The van der Waals surface area contributed by atoms with Crippen LogP contribution in [0.5, 0.6) is 0 Å². The van der Waals surface area contributed by atoms with Crippen LogP contribution >= 0.6 is 22.6 Å². The molecule has 1 aromatic rings. The number of halogens is 1. The molecule has 0 bridgehead atoms. The molecule has 0 spiro atoms. The van der Waals surface area contributed by atoms with E-state index in [4.69, 9.17) is 4.74 Å². The molecule has 0 amide bonds. The molecule has 0 N–H and O–H groups in total. The lowest BCUT2D eigenvalue weighted by Crippen LogP contribution is -2.13. The molecule has 0 aliphatic carbocycles. The van der Waals surface area contributed by atoms with Gasteiger partial charge in [-0.3, -0.25) is 4.98 Å². The smallest absolute Gasteiger partial charge is 0.236 e. The molecule has 3 nitrogen and oxygen atoms in total. The molecular formula is C11H13IN2O. The molecule has 0 saturated heterocycles. The lowest BCUT2D eigenvalue weighted by Gasteiger charge is -2.06. The largest absolute Gasteiger partial charge is 0.474 e. The van der Waals surface area contributed by atoms with E-state index in [0.29, 0.717) is 18.4 Å². The third-order valence-electron chi connectivity index (χ3n) is 2.40. The lowest BCUT2D eigenvalue weighted by molar-refractivity contribution is 0.291. The molecule has 1 aromatic heterocycles. The number of nitrogens with zero attached hydrogens (tertiary/aromatic N) is 2. The molecule has 0 fully saturated rings. The Labute approximate surface area is 103 Å². The Morgan fingerprint density at radius 2 is 2.33 bits per heavy atom. The third-order valence-corrected chi connectivity index (χ3v) is 3.27. The van der Waals surface area contributed by atoms with E-state index in [2.05, 4.69) is 46.4 Å². The van der Waals surface area contributed by atoms with Crippen LogP contribution in [0, 0.1) is 9.49 Å². The van der Waals surface area contributed by atoms with E-state index in [9.17, 15) is 0 Å². The zero-order valence-electron chi connectivity index (χ0n) is 8.77. The molecule has 15 heavy (non-hydrogen) atoms. The summed E-state index contributed by atoms with van der Waals surface area (Å²) in [6.45, 7) is 4.99. The number of pyridine rings is 1. The predicted molar refractivity (Wildman–Crippen MR) is 68.1 cm³/mol. The summed E-state index contributed by atoms with van der Waals surface area (Å²) in [6, 6.07) is 4.20. The summed E-state index contributed by atoms with van der Waals surface area (Å²) in [5.74, 6) is 1.21. The molecule has 0 aromatic carbocycles. The zero-order valence-corrected chi connectivity index (χ0v) is 10.9. The van der Waals surface area contributed by atoms with Crippen LogP contribution in [0.15, 0.2) is 23.3 Å². The normalized spacial score (nSPS) is 20.3. The SMILES string of the molecule is CC(C)C1COC(c2ncccc2I)=N1. The topological polar surface area (TPSA) is 34.5 Å². The summed E-state index contributed by atoms with van der Waals surface area (Å²) in [7, 11) is 0. The molecule has 1 aliphatic rings. The molecule has 2 rings (SSSR count). The first-order valence-electron chi connectivity index (χ1n) is 5.00. The van der Waals surface area contributed by atoms with Crippen LogP contribution in [0.25, 0.3) is 0 Å². The van der Waals surface area contributed by atoms with Gasteiger partial charge in [0.05, 0.1) is 6.04 Å². The minimum Gasteiger partial charge on any atom is -0.474 e. The van der Waals surface area contributed by atoms with E-state index in [-0.39, 0.29) is 6.04 Å². The Balaban J connectivity index is 2.27. The van der Waals surface area contributed by atoms with Gasteiger partial charge in [0.2, 0.25) is 5.90 Å². The van der Waals surface area contributed by atoms with E-state index < -0.39 is 0 Å². The molecule has 4 heteroatoms. The molecule has 1 unspecified atom stereocenters. The first kappa shape index (κ1) is 10.9. The average Bonchev–Trinajstić information content (AvgIpc) is 2.67. The van der Waals surface area contributed by atoms with Crippen molar-refractivity contribution in [1.82, 2.24) is 4.98 Å². The van der Waals surface area contributed by atoms with Crippen molar-refractivity contribution in [1.29, 1.82) is 0 Å². The molecule has 2 heterocycles. The molecule has 0 saturated carbocycles. The van der Waals surface area contributed by atoms with E-state index in [0.717, 1.165) is 9.26 Å². The molecule has 1 aliphatic heterocycles. The lowest BCUT2D eigenvalue weighted by atomic mass is 10.1. The summed E-state index contributed by atoms with van der Waals surface area (Å²) >= 11 is 2.25. The molecule has 80 valence electrons. The number of rotatable bonds is 2. The van der Waals surface area contributed by atoms with E-state index in [1.165, 1.54) is 0 Å². The van der Waals surface area contributed by atoms with Gasteiger partial charge >= 0.3 is 0 Å². The van der Waals surface area contributed by atoms with Crippen LogP contribution in [-0.2, 0) is 4.74 Å². The van der Waals surface area contributed by atoms with Crippen molar-refractivity contribution in [2.75, 3.05) is 6.61 Å². The fourth-order valence-corrected chi connectivity index (χ4v) is 1.98. The van der Waals surface area contributed by atoms with Crippen molar-refractivity contribution in [3.8, 4) is 0 Å². The average molecular weight is 316 g/mol. The highest BCUT2D eigenvalue weighted by molar-refractivity contribution is 14.1. The zero-order chi connectivity index (χ0) is 10.8. The van der Waals surface area contributed by atoms with Crippen molar-refractivity contribution in [3.05, 3.63) is 27.6 Å². The van der Waals surface area contributed by atoms with Crippen LogP contribution < -0.4 is 0 Å². The Hall–Kier alpha value is -0.650. The Bertz CT molecular complexity index is 390. The van der Waals surface area contributed by atoms with Gasteiger partial charge in [-0.05, 0) is 40.6 Å². The van der Waals surface area contributed by atoms with Crippen molar-refractivity contribution in [2.45, 2.75) is 19.9 Å². The second-order valence-electron chi connectivity index (χ2n) is 3.89. The monoisotopic (exact) mass is 316 g/mol. The third kappa shape index (κ3) is 2.30. The van der Waals surface area contributed by atoms with Crippen LogP contribution in [0.3, 0.4) is 0 Å². The number of aromatic nitrogens is 1. The van der Waals surface area contributed by atoms with Crippen LogP contribution in [0.1, 0.15) is 19.5 Å². The standard InChI is InChI=1S/C11H13IN2O/c1-7(2)9-6-15-11(14-9)10-8(12)4-3-5-13-10/h3-5,7,9H,6H2,1-2H3. The van der Waals surface area contributed by atoms with Crippen molar-refractivity contribution in [3.63, 3.8) is 0 Å². The minimum atomic E-state index is 0.276. The summed E-state index contributed by atoms with van der Waals surface area (Å²) < 4.78 is 6.66. The molecule has 1 atom stereocenters. The fourth-order valence-electron chi connectivity index (χ4n) is 1.40. The van der Waals surface area contributed by atoms with Crippen molar-refractivity contribution >= 4 is 28.5 Å². The fraction of sp³-hybridized carbons (Fsp3) is 0.455. The highest BCUT2D eigenvalue weighted by Crippen LogP contribution is 2.19. The Kier molecular flexibility index (Phi) is 3.23. The van der Waals surface area contributed by atoms with Gasteiger partial charge in [-0.25, -0.2) is 4.99 Å². The number of aliphatic imine (C=N–C) groups is 1. The van der Waals surface area contributed by atoms with Gasteiger partial charge in [-0.15, -0.1) is 0 Å². The van der Waals surface area contributed by atoms with Gasteiger partial charge in [0.1, 0.15) is 12.3 Å². The summed E-state index contributed by atoms with van der Waals surface area (Å²) in [5, 5.41) is 0. The maximum atomic E-state index is 5.58. The predicted octanol–water partition coefficient (Wildman–Crippen LogP) is 2.49. The Morgan fingerprint density at radius 1 is 1.53 bits per heavy atom. The van der Waals surface area contributed by atoms with Crippen molar-refractivity contribution in [2.24, 2.45) is 10.9 Å². The quantitative estimate of drug-likeness (QED) is 0.786. The molecule has 0 radical (unpaired) electrons. The number of hydrogen-bond acceptors (Lipinski definition) is 3. The number of hydrogen-bond donors (Lipinski definition) is 0. The van der Waals surface area contributed by atoms with Gasteiger partial charge in [-0.1, -0.05) is 13.8 Å². The first-order valence-corrected chi connectivity index (χ1v) is 6.08. The van der Waals surface area contributed by atoms with Gasteiger partial charge in [0.25, 0.3) is 0 Å².